The Bertz CT molecular complexity index is 695. The molecule has 0 saturated carbocycles. The fourth-order valence-corrected chi connectivity index (χ4v) is 2.68. The van der Waals surface area contributed by atoms with Crippen LogP contribution in [0.15, 0.2) is 53.5 Å². The third kappa shape index (κ3) is 6.19. The second-order valence-corrected chi connectivity index (χ2v) is 6.44. The molecule has 0 fully saturated rings. The fraction of sp³-hybridized carbons (Fsp3) is 0.350. The first kappa shape index (κ1) is 18.9. The summed E-state index contributed by atoms with van der Waals surface area (Å²) in [5.41, 5.74) is 3.41. The minimum absolute atomic E-state index is 0.216. The standard InChI is InChI=1S/C20H27FN4/c1-22-20(25(4)15-18-6-5-7-19(21)12-18)23-13-16-8-10-17(11-9-16)14-24(2)3/h5-12H,13-15H2,1-4H3,(H,22,23). The van der Waals surface area contributed by atoms with Crippen LogP contribution in [0.1, 0.15) is 16.7 Å². The summed E-state index contributed by atoms with van der Waals surface area (Å²) in [5, 5.41) is 3.35. The first-order chi connectivity index (χ1) is 12.0. The van der Waals surface area contributed by atoms with Gasteiger partial charge in [0.05, 0.1) is 0 Å². The summed E-state index contributed by atoms with van der Waals surface area (Å²) in [5.74, 6) is 0.563. The van der Waals surface area contributed by atoms with Crippen molar-refractivity contribution in [1.82, 2.24) is 15.1 Å². The minimum atomic E-state index is -0.216. The highest BCUT2D eigenvalue weighted by atomic mass is 19.1. The van der Waals surface area contributed by atoms with Crippen LogP contribution in [0.4, 0.5) is 4.39 Å². The molecule has 0 aliphatic rings. The van der Waals surface area contributed by atoms with Gasteiger partial charge in [0.1, 0.15) is 5.82 Å². The summed E-state index contributed by atoms with van der Waals surface area (Å²) in [7, 11) is 7.83. The van der Waals surface area contributed by atoms with Gasteiger partial charge in [-0.15, -0.1) is 0 Å². The van der Waals surface area contributed by atoms with Gasteiger partial charge in [0.2, 0.25) is 0 Å². The van der Waals surface area contributed by atoms with Crippen LogP contribution >= 0.6 is 0 Å². The van der Waals surface area contributed by atoms with Crippen LogP contribution in [-0.4, -0.2) is 44.0 Å². The highest BCUT2D eigenvalue weighted by Gasteiger charge is 2.07. The number of aliphatic imine (C=N–C) groups is 1. The molecule has 0 spiro atoms. The van der Waals surface area contributed by atoms with Gasteiger partial charge in [-0.25, -0.2) is 4.39 Å². The number of benzene rings is 2. The van der Waals surface area contributed by atoms with E-state index in [1.807, 2.05) is 18.0 Å². The van der Waals surface area contributed by atoms with Gasteiger partial charge >= 0.3 is 0 Å². The smallest absolute Gasteiger partial charge is 0.193 e. The molecule has 0 amide bonds. The van der Waals surface area contributed by atoms with E-state index in [1.165, 1.54) is 17.2 Å². The van der Waals surface area contributed by atoms with E-state index in [1.54, 1.807) is 19.2 Å². The third-order valence-electron chi connectivity index (χ3n) is 3.85. The van der Waals surface area contributed by atoms with Crippen molar-refractivity contribution in [3.05, 3.63) is 71.0 Å². The zero-order valence-corrected chi connectivity index (χ0v) is 15.5. The van der Waals surface area contributed by atoms with Crippen LogP contribution in [0.2, 0.25) is 0 Å². The van der Waals surface area contributed by atoms with Crippen LogP contribution in [0.5, 0.6) is 0 Å². The second kappa shape index (κ2) is 9.18. The number of rotatable bonds is 6. The van der Waals surface area contributed by atoms with Crippen molar-refractivity contribution in [2.45, 2.75) is 19.6 Å². The molecule has 2 aromatic rings. The summed E-state index contributed by atoms with van der Waals surface area (Å²) in [4.78, 5) is 8.44. The molecule has 25 heavy (non-hydrogen) atoms. The predicted molar refractivity (Wildman–Crippen MR) is 102 cm³/mol. The van der Waals surface area contributed by atoms with E-state index in [0.29, 0.717) is 13.1 Å². The average Bonchev–Trinajstić information content (AvgIpc) is 2.56. The van der Waals surface area contributed by atoms with E-state index in [9.17, 15) is 4.39 Å². The largest absolute Gasteiger partial charge is 0.352 e. The van der Waals surface area contributed by atoms with E-state index in [-0.39, 0.29) is 5.82 Å². The Labute approximate surface area is 150 Å². The Balaban J connectivity index is 1.91. The fourth-order valence-electron chi connectivity index (χ4n) is 2.68. The molecule has 134 valence electrons. The van der Waals surface area contributed by atoms with Crippen LogP contribution in [0, 0.1) is 5.82 Å². The van der Waals surface area contributed by atoms with E-state index in [2.05, 4.69) is 53.6 Å². The van der Waals surface area contributed by atoms with Gasteiger partial charge in [-0.3, -0.25) is 4.99 Å². The predicted octanol–water partition coefficient (Wildman–Crippen LogP) is 3.09. The Hall–Kier alpha value is -2.40. The van der Waals surface area contributed by atoms with Gasteiger partial charge in [-0.2, -0.15) is 0 Å². The SMILES string of the molecule is CN=C(NCc1ccc(CN(C)C)cc1)N(C)Cc1cccc(F)c1. The van der Waals surface area contributed by atoms with Crippen molar-refractivity contribution in [2.24, 2.45) is 4.99 Å². The van der Waals surface area contributed by atoms with Gasteiger partial charge in [0, 0.05) is 33.7 Å². The molecule has 0 bridgehead atoms. The summed E-state index contributed by atoms with van der Waals surface area (Å²) in [6, 6.07) is 15.2. The monoisotopic (exact) mass is 342 g/mol. The average molecular weight is 342 g/mol. The number of halogens is 1. The maximum absolute atomic E-state index is 13.3. The van der Waals surface area contributed by atoms with Crippen LogP contribution in [-0.2, 0) is 19.6 Å². The van der Waals surface area contributed by atoms with Crippen molar-refractivity contribution in [2.75, 3.05) is 28.2 Å². The molecule has 5 heteroatoms. The van der Waals surface area contributed by atoms with E-state index < -0.39 is 0 Å². The number of guanidine groups is 1. The molecule has 0 saturated heterocycles. The van der Waals surface area contributed by atoms with E-state index in [4.69, 9.17) is 0 Å². The summed E-state index contributed by atoms with van der Waals surface area (Å²) in [6.45, 7) is 2.23. The van der Waals surface area contributed by atoms with Crippen molar-refractivity contribution >= 4 is 5.96 Å². The zero-order valence-electron chi connectivity index (χ0n) is 15.5. The summed E-state index contributed by atoms with van der Waals surface area (Å²) < 4.78 is 13.3. The number of hydrogen-bond acceptors (Lipinski definition) is 2. The molecule has 0 radical (unpaired) electrons. The first-order valence-corrected chi connectivity index (χ1v) is 8.36. The molecular formula is C20H27FN4. The Kier molecular flexibility index (Phi) is 6.95. The second-order valence-electron chi connectivity index (χ2n) is 6.44. The number of nitrogens with one attached hydrogen (secondary N) is 1. The lowest BCUT2D eigenvalue weighted by molar-refractivity contribution is 0.402. The maximum Gasteiger partial charge on any atom is 0.193 e. The number of hydrogen-bond donors (Lipinski definition) is 1. The van der Waals surface area contributed by atoms with Crippen molar-refractivity contribution in [1.29, 1.82) is 0 Å². The molecule has 0 atom stereocenters. The van der Waals surface area contributed by atoms with Gasteiger partial charge in [-0.05, 0) is 42.9 Å². The topological polar surface area (TPSA) is 30.9 Å². The molecule has 0 aliphatic carbocycles. The van der Waals surface area contributed by atoms with E-state index >= 15 is 0 Å². The Morgan fingerprint density at radius 3 is 2.24 bits per heavy atom. The molecule has 4 nitrogen and oxygen atoms in total. The highest BCUT2D eigenvalue weighted by molar-refractivity contribution is 5.79. The summed E-state index contributed by atoms with van der Waals surface area (Å²) >= 11 is 0. The molecule has 0 unspecified atom stereocenters. The lowest BCUT2D eigenvalue weighted by Gasteiger charge is -2.22. The Morgan fingerprint density at radius 1 is 0.960 bits per heavy atom. The molecular weight excluding hydrogens is 315 g/mol. The van der Waals surface area contributed by atoms with Crippen molar-refractivity contribution in [3.8, 4) is 0 Å². The van der Waals surface area contributed by atoms with Gasteiger partial charge in [-0.1, -0.05) is 36.4 Å². The van der Waals surface area contributed by atoms with E-state index in [0.717, 1.165) is 18.1 Å². The van der Waals surface area contributed by atoms with Crippen molar-refractivity contribution in [3.63, 3.8) is 0 Å². The van der Waals surface area contributed by atoms with Crippen molar-refractivity contribution < 1.29 is 4.39 Å². The Morgan fingerprint density at radius 2 is 1.64 bits per heavy atom. The van der Waals surface area contributed by atoms with Gasteiger partial charge in [0.25, 0.3) is 0 Å². The van der Waals surface area contributed by atoms with Crippen LogP contribution < -0.4 is 5.32 Å². The zero-order chi connectivity index (χ0) is 18.2. The highest BCUT2D eigenvalue weighted by Crippen LogP contribution is 2.08. The lowest BCUT2D eigenvalue weighted by atomic mass is 10.1. The minimum Gasteiger partial charge on any atom is -0.352 e. The third-order valence-corrected chi connectivity index (χ3v) is 3.85. The molecule has 0 aromatic heterocycles. The quantitative estimate of drug-likeness (QED) is 0.646. The molecule has 2 aromatic carbocycles. The molecule has 0 aliphatic heterocycles. The summed E-state index contributed by atoms with van der Waals surface area (Å²) in [6.07, 6.45) is 0. The lowest BCUT2D eigenvalue weighted by Crippen LogP contribution is -2.38. The normalized spacial score (nSPS) is 11.7. The molecule has 2 rings (SSSR count). The van der Waals surface area contributed by atoms with Crippen LogP contribution in [0.25, 0.3) is 0 Å². The maximum atomic E-state index is 13.3. The van der Waals surface area contributed by atoms with Gasteiger partial charge in [0.15, 0.2) is 5.96 Å². The molecule has 1 N–H and O–H groups in total. The molecule has 0 heterocycles. The first-order valence-electron chi connectivity index (χ1n) is 8.36. The number of nitrogens with zero attached hydrogens (tertiary/aromatic N) is 3. The van der Waals surface area contributed by atoms with Gasteiger partial charge < -0.3 is 15.1 Å². The van der Waals surface area contributed by atoms with Crippen LogP contribution in [0.3, 0.4) is 0 Å².